The highest BCUT2D eigenvalue weighted by atomic mass is 32.2. The van der Waals surface area contributed by atoms with E-state index in [9.17, 15) is 13.2 Å². The van der Waals surface area contributed by atoms with Crippen LogP contribution in [-0.4, -0.2) is 53.1 Å². The average Bonchev–Trinajstić information content (AvgIpc) is 3.21. The SMILES string of the molecule is Cn1nc(-c2ccc(S(=O)(=O)NC3CCN(C#N)C3)cn2)cc1C(N)=O. The first-order chi connectivity index (χ1) is 12.3. The van der Waals surface area contributed by atoms with Crippen LogP contribution in [0.3, 0.4) is 0 Å². The lowest BCUT2D eigenvalue weighted by molar-refractivity contribution is 0.0991. The fourth-order valence-electron chi connectivity index (χ4n) is 2.75. The van der Waals surface area contributed by atoms with Crippen molar-refractivity contribution in [2.24, 2.45) is 12.8 Å². The first-order valence-electron chi connectivity index (χ1n) is 7.77. The van der Waals surface area contributed by atoms with Crippen LogP contribution < -0.4 is 10.5 Å². The number of nitrogens with zero attached hydrogens (tertiary/aromatic N) is 5. The molecule has 1 unspecified atom stereocenters. The monoisotopic (exact) mass is 375 g/mol. The number of carbonyl (C=O) groups excluding carboxylic acids is 1. The van der Waals surface area contributed by atoms with Gasteiger partial charge in [-0.25, -0.2) is 13.1 Å². The van der Waals surface area contributed by atoms with E-state index in [4.69, 9.17) is 11.0 Å². The molecule has 11 heteroatoms. The van der Waals surface area contributed by atoms with Gasteiger partial charge in [-0.2, -0.15) is 10.4 Å². The molecule has 1 fully saturated rings. The molecule has 1 atom stereocenters. The molecule has 0 spiro atoms. The first-order valence-corrected chi connectivity index (χ1v) is 9.26. The highest BCUT2D eigenvalue weighted by Gasteiger charge is 2.27. The molecule has 26 heavy (non-hydrogen) atoms. The summed E-state index contributed by atoms with van der Waals surface area (Å²) in [4.78, 5) is 16.9. The largest absolute Gasteiger partial charge is 0.364 e. The smallest absolute Gasteiger partial charge is 0.266 e. The van der Waals surface area contributed by atoms with E-state index in [1.165, 1.54) is 34.0 Å². The van der Waals surface area contributed by atoms with Crippen molar-refractivity contribution in [3.05, 3.63) is 30.1 Å². The van der Waals surface area contributed by atoms with Crippen LogP contribution in [0.4, 0.5) is 0 Å². The Morgan fingerprint density at radius 3 is 2.73 bits per heavy atom. The number of hydrogen-bond acceptors (Lipinski definition) is 7. The molecule has 1 aliphatic rings. The molecule has 3 N–H and O–H groups in total. The normalized spacial score (nSPS) is 17.2. The number of aryl methyl sites for hydroxylation is 1. The van der Waals surface area contributed by atoms with E-state index in [1.807, 2.05) is 6.19 Å². The highest BCUT2D eigenvalue weighted by molar-refractivity contribution is 7.89. The Morgan fingerprint density at radius 1 is 1.42 bits per heavy atom. The zero-order valence-corrected chi connectivity index (χ0v) is 14.8. The Kier molecular flexibility index (Phi) is 4.62. The average molecular weight is 375 g/mol. The summed E-state index contributed by atoms with van der Waals surface area (Å²) in [7, 11) is -2.16. The maximum absolute atomic E-state index is 12.4. The van der Waals surface area contributed by atoms with E-state index in [0.717, 1.165) is 0 Å². The number of amides is 1. The molecule has 0 radical (unpaired) electrons. The number of aromatic nitrogens is 3. The van der Waals surface area contributed by atoms with Gasteiger partial charge in [-0.1, -0.05) is 0 Å². The summed E-state index contributed by atoms with van der Waals surface area (Å²) < 4.78 is 28.8. The molecule has 0 aromatic carbocycles. The lowest BCUT2D eigenvalue weighted by Gasteiger charge is -2.12. The molecule has 0 saturated carbocycles. The van der Waals surface area contributed by atoms with Gasteiger partial charge in [-0.3, -0.25) is 14.5 Å². The zero-order valence-electron chi connectivity index (χ0n) is 14.0. The minimum absolute atomic E-state index is 0.0164. The van der Waals surface area contributed by atoms with Crippen LogP contribution in [0.5, 0.6) is 0 Å². The second-order valence-electron chi connectivity index (χ2n) is 5.93. The standard InChI is InChI=1S/C15H17N7O3S/c1-21-14(15(17)23)6-13(19-21)12-3-2-11(7-18-12)26(24,25)20-10-4-5-22(8-10)9-16/h2-3,6-7,10,20H,4-5,8H2,1H3,(H2,17,23). The summed E-state index contributed by atoms with van der Waals surface area (Å²) >= 11 is 0. The molecule has 3 heterocycles. The Bertz CT molecular complexity index is 976. The van der Waals surface area contributed by atoms with Crippen molar-refractivity contribution in [2.45, 2.75) is 17.4 Å². The van der Waals surface area contributed by atoms with Gasteiger partial charge in [-0.15, -0.1) is 0 Å². The maximum Gasteiger partial charge on any atom is 0.266 e. The number of carbonyl (C=O) groups is 1. The van der Waals surface area contributed by atoms with E-state index in [1.54, 1.807) is 7.05 Å². The summed E-state index contributed by atoms with van der Waals surface area (Å²) in [6.45, 7) is 0.883. The molecule has 2 aromatic rings. The predicted molar refractivity (Wildman–Crippen MR) is 90.9 cm³/mol. The molecule has 1 amide bonds. The highest BCUT2D eigenvalue weighted by Crippen LogP contribution is 2.19. The van der Waals surface area contributed by atoms with Crippen molar-refractivity contribution >= 4 is 15.9 Å². The quantitative estimate of drug-likeness (QED) is 0.664. The van der Waals surface area contributed by atoms with Crippen LogP contribution in [0.2, 0.25) is 0 Å². The molecule has 0 aliphatic carbocycles. The van der Waals surface area contributed by atoms with Gasteiger partial charge in [0.25, 0.3) is 5.91 Å². The van der Waals surface area contributed by atoms with E-state index in [2.05, 4.69) is 14.8 Å². The number of nitriles is 1. The van der Waals surface area contributed by atoms with Gasteiger partial charge >= 0.3 is 0 Å². The van der Waals surface area contributed by atoms with Crippen LogP contribution in [0.15, 0.2) is 29.3 Å². The number of hydrogen-bond donors (Lipinski definition) is 2. The Hall–Kier alpha value is -2.97. The Balaban J connectivity index is 1.78. The summed E-state index contributed by atoms with van der Waals surface area (Å²) in [5.74, 6) is -0.613. The summed E-state index contributed by atoms with van der Waals surface area (Å²) in [5, 5.41) is 13.0. The lowest BCUT2D eigenvalue weighted by Crippen LogP contribution is -2.36. The molecule has 0 bridgehead atoms. The molecule has 10 nitrogen and oxygen atoms in total. The van der Waals surface area contributed by atoms with Gasteiger partial charge in [0.15, 0.2) is 6.19 Å². The van der Waals surface area contributed by atoms with E-state index in [0.29, 0.717) is 30.9 Å². The van der Waals surface area contributed by atoms with Crippen molar-refractivity contribution in [3.63, 3.8) is 0 Å². The van der Waals surface area contributed by atoms with Gasteiger partial charge < -0.3 is 10.6 Å². The Morgan fingerprint density at radius 2 is 2.19 bits per heavy atom. The number of pyridine rings is 1. The number of nitrogens with two attached hydrogens (primary N) is 1. The van der Waals surface area contributed by atoms with E-state index < -0.39 is 15.9 Å². The van der Waals surface area contributed by atoms with Gasteiger partial charge in [0.1, 0.15) is 16.3 Å². The van der Waals surface area contributed by atoms with Crippen LogP contribution >= 0.6 is 0 Å². The minimum atomic E-state index is -3.74. The van der Waals surface area contributed by atoms with Gasteiger partial charge in [0, 0.05) is 32.4 Å². The van der Waals surface area contributed by atoms with Crippen molar-refractivity contribution in [2.75, 3.05) is 13.1 Å². The van der Waals surface area contributed by atoms with Crippen molar-refractivity contribution < 1.29 is 13.2 Å². The summed E-state index contributed by atoms with van der Waals surface area (Å²) in [5.41, 5.74) is 6.31. The molecule has 3 rings (SSSR count). The van der Waals surface area contributed by atoms with E-state index >= 15 is 0 Å². The molecular formula is C15H17N7O3S. The molecule has 1 saturated heterocycles. The van der Waals surface area contributed by atoms with Crippen LogP contribution in [-0.2, 0) is 17.1 Å². The molecule has 136 valence electrons. The van der Waals surface area contributed by atoms with Crippen molar-refractivity contribution in [3.8, 4) is 17.6 Å². The van der Waals surface area contributed by atoms with Crippen molar-refractivity contribution in [1.82, 2.24) is 24.4 Å². The maximum atomic E-state index is 12.4. The van der Waals surface area contributed by atoms with Crippen LogP contribution in [0.25, 0.3) is 11.4 Å². The van der Waals surface area contributed by atoms with Gasteiger partial charge in [0.05, 0.1) is 5.69 Å². The second kappa shape index (κ2) is 6.74. The second-order valence-corrected chi connectivity index (χ2v) is 7.65. The molecular weight excluding hydrogens is 358 g/mol. The van der Waals surface area contributed by atoms with Crippen LogP contribution in [0, 0.1) is 11.5 Å². The summed E-state index contributed by atoms with van der Waals surface area (Å²) in [6, 6.07) is 4.11. The summed E-state index contributed by atoms with van der Waals surface area (Å²) in [6.07, 6.45) is 3.80. The molecule has 2 aromatic heterocycles. The first kappa shape index (κ1) is 17.8. The molecule has 1 aliphatic heterocycles. The lowest BCUT2D eigenvalue weighted by atomic mass is 10.2. The Labute approximate surface area is 150 Å². The number of rotatable bonds is 5. The predicted octanol–water partition coefficient (Wildman–Crippen LogP) is -0.585. The number of primary amides is 1. The third-order valence-corrected chi connectivity index (χ3v) is 5.60. The van der Waals surface area contributed by atoms with Crippen LogP contribution in [0.1, 0.15) is 16.9 Å². The number of likely N-dealkylation sites (tertiary alicyclic amines) is 1. The van der Waals surface area contributed by atoms with Gasteiger partial charge in [-0.05, 0) is 24.6 Å². The zero-order chi connectivity index (χ0) is 18.9. The number of nitrogens with one attached hydrogen (secondary N) is 1. The van der Waals surface area contributed by atoms with Crippen molar-refractivity contribution in [1.29, 1.82) is 5.26 Å². The fraction of sp³-hybridized carbons (Fsp3) is 0.333. The minimum Gasteiger partial charge on any atom is -0.364 e. The third kappa shape index (κ3) is 3.51. The third-order valence-electron chi connectivity index (χ3n) is 4.09. The fourth-order valence-corrected chi connectivity index (χ4v) is 3.95. The van der Waals surface area contributed by atoms with Gasteiger partial charge in [0.2, 0.25) is 10.0 Å². The number of sulfonamides is 1. The topological polar surface area (TPSA) is 147 Å². The van der Waals surface area contributed by atoms with E-state index in [-0.39, 0.29) is 16.6 Å².